The van der Waals surface area contributed by atoms with E-state index >= 15 is 0 Å². The third-order valence-corrected chi connectivity index (χ3v) is 1.77. The van der Waals surface area contributed by atoms with E-state index in [0.29, 0.717) is 12.0 Å². The molecule has 0 aromatic carbocycles. The molecule has 0 aliphatic rings. The van der Waals surface area contributed by atoms with Crippen molar-refractivity contribution >= 4 is 0 Å². The maximum Gasteiger partial charge on any atom is 0.147 e. The van der Waals surface area contributed by atoms with Crippen LogP contribution >= 0.6 is 0 Å². The van der Waals surface area contributed by atoms with E-state index in [-0.39, 0.29) is 0 Å². The molecule has 0 amide bonds. The molecule has 1 aromatic rings. The van der Waals surface area contributed by atoms with Gasteiger partial charge in [0, 0.05) is 12.0 Å². The number of hydrogen-bond donors (Lipinski definition) is 0. The first kappa shape index (κ1) is 9.23. The Kier molecular flexibility index (Phi) is 2.50. The molecule has 0 radical (unpaired) electrons. The Morgan fingerprint density at radius 3 is 2.08 bits per heavy atom. The van der Waals surface area contributed by atoms with E-state index in [0.717, 1.165) is 11.6 Å². The molecule has 0 aliphatic heterocycles. The van der Waals surface area contributed by atoms with Crippen molar-refractivity contribution in [2.75, 3.05) is 0 Å². The Balaban J connectivity index is 3.08. The maximum absolute atomic E-state index is 4.38. The molecule has 1 heterocycles. The van der Waals surface area contributed by atoms with Crippen molar-refractivity contribution in [2.24, 2.45) is 0 Å². The van der Waals surface area contributed by atoms with Crippen molar-refractivity contribution in [3.63, 3.8) is 0 Å². The Hall–Kier alpha value is -0.860. The summed E-state index contributed by atoms with van der Waals surface area (Å²) >= 11 is 0. The number of nitrogens with zero attached hydrogens (tertiary/aromatic N) is 3. The molecule has 12 heavy (non-hydrogen) atoms. The van der Waals surface area contributed by atoms with Crippen molar-refractivity contribution < 1.29 is 0 Å². The molecular weight excluding hydrogens is 150 g/mol. The minimum Gasteiger partial charge on any atom is -0.247 e. The van der Waals surface area contributed by atoms with Gasteiger partial charge in [0.15, 0.2) is 0 Å². The van der Waals surface area contributed by atoms with Crippen LogP contribution in [-0.2, 0) is 0 Å². The minimum atomic E-state index is 0.406. The molecule has 1 rings (SSSR count). The highest BCUT2D eigenvalue weighted by Gasteiger charge is 2.12. The van der Waals surface area contributed by atoms with E-state index in [2.05, 4.69) is 37.8 Å². The second kappa shape index (κ2) is 3.25. The molecule has 0 fully saturated rings. The number of aryl methyl sites for hydroxylation is 1. The third-order valence-electron chi connectivity index (χ3n) is 1.77. The lowest BCUT2D eigenvalue weighted by molar-refractivity contribution is 0.491. The first-order valence-electron chi connectivity index (χ1n) is 4.45. The second-order valence-corrected chi connectivity index (χ2v) is 3.71. The van der Waals surface area contributed by atoms with E-state index in [1.54, 1.807) is 0 Å². The summed E-state index contributed by atoms with van der Waals surface area (Å²) < 4.78 is 2.00. The predicted molar refractivity (Wildman–Crippen MR) is 49.2 cm³/mol. The summed E-state index contributed by atoms with van der Waals surface area (Å²) in [4.78, 5) is 4.38. The highest BCUT2D eigenvalue weighted by Crippen LogP contribution is 2.15. The summed E-state index contributed by atoms with van der Waals surface area (Å²) in [6.07, 6.45) is 0. The zero-order valence-corrected chi connectivity index (χ0v) is 8.50. The topological polar surface area (TPSA) is 30.7 Å². The van der Waals surface area contributed by atoms with E-state index < -0.39 is 0 Å². The Bertz CT molecular complexity index is 235. The average Bonchev–Trinajstić information content (AvgIpc) is 2.31. The van der Waals surface area contributed by atoms with Crippen LogP contribution in [0.15, 0.2) is 0 Å². The van der Waals surface area contributed by atoms with Gasteiger partial charge in [-0.1, -0.05) is 13.8 Å². The van der Waals surface area contributed by atoms with Crippen molar-refractivity contribution in [1.82, 2.24) is 14.8 Å². The molecule has 0 unspecified atom stereocenters. The van der Waals surface area contributed by atoms with Gasteiger partial charge in [-0.15, -0.1) is 0 Å². The van der Waals surface area contributed by atoms with Gasteiger partial charge >= 0.3 is 0 Å². The SMILES string of the molecule is Cc1nc(C(C)C)n(C(C)C)n1. The van der Waals surface area contributed by atoms with E-state index in [9.17, 15) is 0 Å². The van der Waals surface area contributed by atoms with Gasteiger partial charge in [0.2, 0.25) is 0 Å². The zero-order valence-electron chi connectivity index (χ0n) is 8.50. The molecule has 0 N–H and O–H groups in total. The summed E-state index contributed by atoms with van der Waals surface area (Å²) in [5.74, 6) is 2.41. The molecule has 0 bridgehead atoms. The van der Waals surface area contributed by atoms with Gasteiger partial charge in [-0.2, -0.15) is 5.10 Å². The lowest BCUT2D eigenvalue weighted by Gasteiger charge is -2.10. The summed E-state index contributed by atoms with van der Waals surface area (Å²) in [7, 11) is 0. The first-order valence-corrected chi connectivity index (χ1v) is 4.45. The van der Waals surface area contributed by atoms with Crippen LogP contribution < -0.4 is 0 Å². The lowest BCUT2D eigenvalue weighted by atomic mass is 10.2. The van der Waals surface area contributed by atoms with Gasteiger partial charge in [0.05, 0.1) is 0 Å². The van der Waals surface area contributed by atoms with Crippen LogP contribution in [0.1, 0.15) is 51.3 Å². The molecule has 3 nitrogen and oxygen atoms in total. The molecule has 0 atom stereocenters. The van der Waals surface area contributed by atoms with Crippen molar-refractivity contribution in [2.45, 2.75) is 46.6 Å². The van der Waals surface area contributed by atoms with Crippen molar-refractivity contribution in [1.29, 1.82) is 0 Å². The number of hydrogen-bond acceptors (Lipinski definition) is 2. The lowest BCUT2D eigenvalue weighted by Crippen LogP contribution is -2.09. The monoisotopic (exact) mass is 167 g/mol. The molecule has 0 aliphatic carbocycles. The van der Waals surface area contributed by atoms with Gasteiger partial charge in [0.1, 0.15) is 11.6 Å². The fourth-order valence-corrected chi connectivity index (χ4v) is 1.22. The number of aromatic nitrogens is 3. The van der Waals surface area contributed by atoms with Gasteiger partial charge < -0.3 is 0 Å². The smallest absolute Gasteiger partial charge is 0.147 e. The zero-order chi connectivity index (χ0) is 9.30. The highest BCUT2D eigenvalue weighted by molar-refractivity contribution is 4.97. The minimum absolute atomic E-state index is 0.406. The fourth-order valence-electron chi connectivity index (χ4n) is 1.22. The Morgan fingerprint density at radius 2 is 1.75 bits per heavy atom. The number of rotatable bonds is 2. The van der Waals surface area contributed by atoms with Crippen LogP contribution in [-0.4, -0.2) is 14.8 Å². The largest absolute Gasteiger partial charge is 0.247 e. The molecular formula is C9H17N3. The van der Waals surface area contributed by atoms with E-state index in [4.69, 9.17) is 0 Å². The van der Waals surface area contributed by atoms with Crippen LogP contribution in [0.5, 0.6) is 0 Å². The molecule has 0 spiro atoms. The van der Waals surface area contributed by atoms with Crippen molar-refractivity contribution in [3.05, 3.63) is 11.6 Å². The summed E-state index contributed by atoms with van der Waals surface area (Å²) in [5.41, 5.74) is 0. The summed E-state index contributed by atoms with van der Waals surface area (Å²) in [5, 5.41) is 4.34. The van der Waals surface area contributed by atoms with Crippen molar-refractivity contribution in [3.8, 4) is 0 Å². The first-order chi connectivity index (χ1) is 5.52. The molecule has 68 valence electrons. The fraction of sp³-hybridized carbons (Fsp3) is 0.778. The van der Waals surface area contributed by atoms with E-state index in [1.165, 1.54) is 0 Å². The molecule has 3 heteroatoms. The van der Waals surface area contributed by atoms with Crippen LogP contribution in [0.2, 0.25) is 0 Å². The van der Waals surface area contributed by atoms with E-state index in [1.807, 2.05) is 11.6 Å². The quantitative estimate of drug-likeness (QED) is 0.676. The highest BCUT2D eigenvalue weighted by atomic mass is 15.4. The van der Waals surface area contributed by atoms with Crippen LogP contribution in [0.3, 0.4) is 0 Å². The predicted octanol–water partition coefficient (Wildman–Crippen LogP) is 2.29. The Morgan fingerprint density at radius 1 is 1.17 bits per heavy atom. The van der Waals surface area contributed by atoms with Gasteiger partial charge in [-0.25, -0.2) is 9.67 Å². The molecule has 1 aromatic heterocycles. The third kappa shape index (κ3) is 1.65. The van der Waals surface area contributed by atoms with Gasteiger partial charge in [-0.05, 0) is 20.8 Å². The summed E-state index contributed by atoms with van der Waals surface area (Å²) in [6.45, 7) is 10.5. The normalized spacial score (nSPS) is 11.6. The standard InChI is InChI=1S/C9H17N3/c1-6(2)9-10-8(5)11-12(9)7(3)4/h6-7H,1-5H3. The van der Waals surface area contributed by atoms with Crippen LogP contribution in [0, 0.1) is 6.92 Å². The molecule has 0 saturated heterocycles. The average molecular weight is 167 g/mol. The Labute approximate surface area is 73.8 Å². The maximum atomic E-state index is 4.38. The molecule has 0 saturated carbocycles. The summed E-state index contributed by atoms with van der Waals surface area (Å²) in [6, 6.07) is 0.406. The van der Waals surface area contributed by atoms with Crippen LogP contribution in [0.25, 0.3) is 0 Å². The van der Waals surface area contributed by atoms with Gasteiger partial charge in [-0.3, -0.25) is 0 Å². The second-order valence-electron chi connectivity index (χ2n) is 3.71. The van der Waals surface area contributed by atoms with Crippen LogP contribution in [0.4, 0.5) is 0 Å². The van der Waals surface area contributed by atoms with Gasteiger partial charge in [0.25, 0.3) is 0 Å².